The second-order valence-corrected chi connectivity index (χ2v) is 8.89. The van der Waals surface area contributed by atoms with Crippen LogP contribution in [0.5, 0.6) is 0 Å². The fourth-order valence-electron chi connectivity index (χ4n) is 3.66. The van der Waals surface area contributed by atoms with Crippen molar-refractivity contribution in [1.82, 2.24) is 10.2 Å². The van der Waals surface area contributed by atoms with Gasteiger partial charge in [0.25, 0.3) is 5.91 Å². The van der Waals surface area contributed by atoms with E-state index in [1.807, 2.05) is 17.5 Å². The fraction of sp³-hybridized carbons (Fsp3) is 0.261. The number of thiophene rings is 1. The highest BCUT2D eigenvalue weighted by Gasteiger charge is 2.13. The maximum atomic E-state index is 12.4. The zero-order valence-electron chi connectivity index (χ0n) is 15.7. The second-order valence-electron chi connectivity index (χ2n) is 7.12. The van der Waals surface area contributed by atoms with E-state index in [9.17, 15) is 4.79 Å². The van der Waals surface area contributed by atoms with Gasteiger partial charge in [-0.2, -0.15) is 0 Å². The molecule has 1 saturated heterocycles. The molecule has 1 fully saturated rings. The van der Waals surface area contributed by atoms with Gasteiger partial charge in [0.15, 0.2) is 0 Å². The minimum absolute atomic E-state index is 0.0439. The van der Waals surface area contributed by atoms with Crippen LogP contribution in [-0.4, -0.2) is 23.9 Å². The van der Waals surface area contributed by atoms with Gasteiger partial charge in [0.05, 0.1) is 0 Å². The number of carbonyl (C=O) groups is 1. The molecule has 1 aliphatic heterocycles. The zero-order chi connectivity index (χ0) is 19.3. The topological polar surface area (TPSA) is 32.3 Å². The van der Waals surface area contributed by atoms with Gasteiger partial charge in [0.1, 0.15) is 4.88 Å². The SMILES string of the molecule is O=C(NCc1ccccc1-c1ccc(CN2CCCC2)cc1)c1sccc1Br. The van der Waals surface area contributed by atoms with Gasteiger partial charge in [-0.25, -0.2) is 0 Å². The van der Waals surface area contributed by atoms with Crippen LogP contribution >= 0.6 is 27.3 Å². The largest absolute Gasteiger partial charge is 0.347 e. The van der Waals surface area contributed by atoms with Gasteiger partial charge in [-0.3, -0.25) is 9.69 Å². The van der Waals surface area contributed by atoms with Crippen molar-refractivity contribution in [2.75, 3.05) is 13.1 Å². The van der Waals surface area contributed by atoms with Crippen molar-refractivity contribution < 1.29 is 4.79 Å². The molecule has 1 N–H and O–H groups in total. The first-order valence-electron chi connectivity index (χ1n) is 9.61. The van der Waals surface area contributed by atoms with Crippen LogP contribution < -0.4 is 5.32 Å². The van der Waals surface area contributed by atoms with Crippen LogP contribution in [-0.2, 0) is 13.1 Å². The molecule has 0 unspecified atom stereocenters. The zero-order valence-corrected chi connectivity index (χ0v) is 18.1. The molecule has 5 heteroatoms. The monoisotopic (exact) mass is 454 g/mol. The van der Waals surface area contributed by atoms with Gasteiger partial charge in [-0.05, 0) is 75.6 Å². The number of hydrogen-bond acceptors (Lipinski definition) is 3. The molecule has 1 aliphatic rings. The second kappa shape index (κ2) is 9.03. The Hall–Kier alpha value is -1.95. The Kier molecular flexibility index (Phi) is 6.25. The number of carbonyl (C=O) groups excluding carboxylic acids is 1. The van der Waals surface area contributed by atoms with E-state index in [1.54, 1.807) is 0 Å². The van der Waals surface area contributed by atoms with Crippen LogP contribution in [0.25, 0.3) is 11.1 Å². The van der Waals surface area contributed by atoms with Gasteiger partial charge in [-0.15, -0.1) is 11.3 Å². The molecule has 3 nitrogen and oxygen atoms in total. The first-order valence-corrected chi connectivity index (χ1v) is 11.3. The maximum Gasteiger partial charge on any atom is 0.262 e. The summed E-state index contributed by atoms with van der Waals surface area (Å²) in [6, 6.07) is 19.0. The summed E-state index contributed by atoms with van der Waals surface area (Å²) in [6.07, 6.45) is 2.64. The van der Waals surface area contributed by atoms with E-state index in [0.29, 0.717) is 11.4 Å². The van der Waals surface area contributed by atoms with E-state index in [0.717, 1.165) is 16.6 Å². The molecule has 3 aromatic rings. The molecule has 0 saturated carbocycles. The van der Waals surface area contributed by atoms with Gasteiger partial charge in [-0.1, -0.05) is 48.5 Å². The van der Waals surface area contributed by atoms with Crippen LogP contribution in [0.1, 0.15) is 33.6 Å². The van der Waals surface area contributed by atoms with E-state index >= 15 is 0 Å². The molecule has 0 bridgehead atoms. The third kappa shape index (κ3) is 4.54. The molecular formula is C23H23BrN2OS. The lowest BCUT2D eigenvalue weighted by Gasteiger charge is -2.15. The van der Waals surface area contributed by atoms with Crippen molar-refractivity contribution in [3.8, 4) is 11.1 Å². The predicted molar refractivity (Wildman–Crippen MR) is 120 cm³/mol. The number of rotatable bonds is 6. The lowest BCUT2D eigenvalue weighted by molar-refractivity contribution is 0.0954. The van der Waals surface area contributed by atoms with Crippen molar-refractivity contribution in [2.24, 2.45) is 0 Å². The molecule has 28 heavy (non-hydrogen) atoms. The molecule has 4 rings (SSSR count). The van der Waals surface area contributed by atoms with Crippen molar-refractivity contribution in [2.45, 2.75) is 25.9 Å². The number of nitrogens with zero attached hydrogens (tertiary/aromatic N) is 1. The lowest BCUT2D eigenvalue weighted by Crippen LogP contribution is -2.22. The summed E-state index contributed by atoms with van der Waals surface area (Å²) in [5.41, 5.74) is 4.84. The molecule has 1 aromatic heterocycles. The van der Waals surface area contributed by atoms with E-state index in [2.05, 4.69) is 68.6 Å². The van der Waals surface area contributed by atoms with Crippen LogP contribution in [0.3, 0.4) is 0 Å². The summed E-state index contributed by atoms with van der Waals surface area (Å²) in [5.74, 6) is -0.0439. The maximum absolute atomic E-state index is 12.4. The Morgan fingerprint density at radius 3 is 2.50 bits per heavy atom. The van der Waals surface area contributed by atoms with Gasteiger partial charge >= 0.3 is 0 Å². The fourth-order valence-corrected chi connectivity index (χ4v) is 5.12. The number of likely N-dealkylation sites (tertiary alicyclic amines) is 1. The summed E-state index contributed by atoms with van der Waals surface area (Å²) < 4.78 is 0.844. The van der Waals surface area contributed by atoms with Crippen LogP contribution in [0.15, 0.2) is 64.5 Å². The highest BCUT2D eigenvalue weighted by Crippen LogP contribution is 2.26. The lowest BCUT2D eigenvalue weighted by atomic mass is 9.98. The summed E-state index contributed by atoms with van der Waals surface area (Å²) in [7, 11) is 0. The summed E-state index contributed by atoms with van der Waals surface area (Å²) in [5, 5.41) is 4.96. The Labute approximate surface area is 178 Å². The standard InChI is InChI=1S/C23H23BrN2OS/c24-21-11-14-28-22(21)23(27)25-15-19-5-1-2-6-20(19)18-9-7-17(8-10-18)16-26-12-3-4-13-26/h1-2,5-11,14H,3-4,12-13,15-16H2,(H,25,27). The van der Waals surface area contributed by atoms with E-state index in [4.69, 9.17) is 0 Å². The van der Waals surface area contributed by atoms with Crippen LogP contribution in [0.2, 0.25) is 0 Å². The van der Waals surface area contributed by atoms with Crippen molar-refractivity contribution in [1.29, 1.82) is 0 Å². The smallest absolute Gasteiger partial charge is 0.262 e. The highest BCUT2D eigenvalue weighted by atomic mass is 79.9. The van der Waals surface area contributed by atoms with Crippen molar-refractivity contribution in [3.05, 3.63) is 80.5 Å². The molecule has 144 valence electrons. The summed E-state index contributed by atoms with van der Waals surface area (Å²) in [4.78, 5) is 15.6. The third-order valence-electron chi connectivity index (χ3n) is 5.15. The van der Waals surface area contributed by atoms with Gasteiger partial charge < -0.3 is 5.32 Å². The Bertz CT molecular complexity index is 945. The van der Waals surface area contributed by atoms with Crippen molar-refractivity contribution in [3.63, 3.8) is 0 Å². The number of halogens is 1. The Balaban J connectivity index is 1.46. The van der Waals surface area contributed by atoms with Crippen LogP contribution in [0, 0.1) is 0 Å². The number of nitrogens with one attached hydrogen (secondary N) is 1. The average molecular weight is 455 g/mol. The first-order chi connectivity index (χ1) is 13.7. The molecule has 1 amide bonds. The van der Waals surface area contributed by atoms with Crippen molar-refractivity contribution >= 4 is 33.2 Å². The Morgan fingerprint density at radius 2 is 1.79 bits per heavy atom. The molecular weight excluding hydrogens is 432 g/mol. The molecule has 0 spiro atoms. The van der Waals surface area contributed by atoms with E-state index in [1.165, 1.54) is 54.0 Å². The quantitative estimate of drug-likeness (QED) is 0.517. The molecule has 0 atom stereocenters. The normalized spacial score (nSPS) is 14.3. The van der Waals surface area contributed by atoms with Crippen LogP contribution in [0.4, 0.5) is 0 Å². The number of hydrogen-bond donors (Lipinski definition) is 1. The highest BCUT2D eigenvalue weighted by molar-refractivity contribution is 9.10. The molecule has 2 aromatic carbocycles. The third-order valence-corrected chi connectivity index (χ3v) is 6.99. The number of benzene rings is 2. The first kappa shape index (κ1) is 19.4. The van der Waals surface area contributed by atoms with Gasteiger partial charge in [0.2, 0.25) is 0 Å². The minimum Gasteiger partial charge on any atom is -0.347 e. The molecule has 0 aliphatic carbocycles. The Morgan fingerprint density at radius 1 is 1.04 bits per heavy atom. The predicted octanol–water partition coefficient (Wildman–Crippen LogP) is 5.70. The number of amides is 1. The van der Waals surface area contributed by atoms with Gasteiger partial charge in [0, 0.05) is 17.6 Å². The van der Waals surface area contributed by atoms with E-state index < -0.39 is 0 Å². The molecule has 0 radical (unpaired) electrons. The van der Waals surface area contributed by atoms with E-state index in [-0.39, 0.29) is 5.91 Å². The minimum atomic E-state index is -0.0439. The summed E-state index contributed by atoms with van der Waals surface area (Å²) >= 11 is 4.87. The molecule has 2 heterocycles. The average Bonchev–Trinajstić information content (AvgIpc) is 3.39. The summed E-state index contributed by atoms with van der Waals surface area (Å²) in [6.45, 7) is 3.97.